The Morgan fingerprint density at radius 3 is 2.71 bits per heavy atom. The lowest BCUT2D eigenvalue weighted by molar-refractivity contribution is 0.0780. The molecule has 2 aromatic carbocycles. The maximum atomic E-state index is 14.6. The van der Waals surface area contributed by atoms with Crippen LogP contribution in [0.4, 0.5) is 10.3 Å². The fourth-order valence-electron chi connectivity index (χ4n) is 3.31. The molecule has 0 aliphatic rings. The van der Waals surface area contributed by atoms with E-state index in [0.717, 1.165) is 5.56 Å². The van der Waals surface area contributed by atoms with Crippen molar-refractivity contribution in [2.75, 3.05) is 12.8 Å². The van der Waals surface area contributed by atoms with E-state index in [1.165, 1.54) is 12.3 Å². The highest BCUT2D eigenvalue weighted by molar-refractivity contribution is 6.31. The van der Waals surface area contributed by atoms with Gasteiger partial charge in [-0.25, -0.2) is 14.4 Å². The second-order valence-electron chi connectivity index (χ2n) is 7.04. The molecule has 0 radical (unpaired) electrons. The summed E-state index contributed by atoms with van der Waals surface area (Å²) in [5, 5.41) is -0.00672. The molecule has 0 atom stereocenters. The molecule has 0 unspecified atom stereocenters. The summed E-state index contributed by atoms with van der Waals surface area (Å²) in [5.41, 5.74) is 8.83. The lowest BCUT2D eigenvalue weighted by atomic mass is 10.0. The van der Waals surface area contributed by atoms with Gasteiger partial charge in [-0.05, 0) is 17.7 Å². The van der Waals surface area contributed by atoms with Gasteiger partial charge in [-0.1, -0.05) is 54.1 Å². The monoisotopic (exact) mass is 435 g/mol. The Kier molecular flexibility index (Phi) is 5.68. The minimum Gasteiger partial charge on any atom is -0.368 e. The molecule has 0 saturated heterocycles. The van der Waals surface area contributed by atoms with Crippen LogP contribution in [0.2, 0.25) is 5.02 Å². The highest BCUT2D eigenvalue weighted by Crippen LogP contribution is 2.34. The molecule has 0 spiro atoms. The van der Waals surface area contributed by atoms with E-state index in [-0.39, 0.29) is 22.4 Å². The van der Waals surface area contributed by atoms with Crippen LogP contribution < -0.4 is 5.73 Å². The summed E-state index contributed by atoms with van der Waals surface area (Å²) in [7, 11) is 1.73. The van der Waals surface area contributed by atoms with Crippen molar-refractivity contribution in [3.63, 3.8) is 0 Å². The van der Waals surface area contributed by atoms with E-state index in [9.17, 15) is 9.18 Å². The van der Waals surface area contributed by atoms with Crippen LogP contribution in [-0.2, 0) is 6.54 Å². The third-order valence-electron chi connectivity index (χ3n) is 4.85. The lowest BCUT2D eigenvalue weighted by Crippen LogP contribution is -2.26. The summed E-state index contributed by atoms with van der Waals surface area (Å²) in [6.45, 7) is 0.466. The zero-order chi connectivity index (χ0) is 22.0. The Morgan fingerprint density at radius 2 is 1.94 bits per heavy atom. The first-order valence-electron chi connectivity index (χ1n) is 9.49. The van der Waals surface area contributed by atoms with Crippen molar-refractivity contribution in [3.05, 3.63) is 89.1 Å². The maximum Gasteiger partial charge on any atom is 0.270 e. The Hall–Kier alpha value is -3.71. The van der Waals surface area contributed by atoms with Gasteiger partial charge in [0.15, 0.2) is 0 Å². The fourth-order valence-corrected chi connectivity index (χ4v) is 3.49. The zero-order valence-electron chi connectivity index (χ0n) is 16.6. The van der Waals surface area contributed by atoms with Crippen LogP contribution in [-0.4, -0.2) is 32.8 Å². The number of carbonyl (C=O) groups excluding carboxylic acids is 1. The molecule has 4 aromatic rings. The number of aromatic nitrogens is 3. The van der Waals surface area contributed by atoms with Gasteiger partial charge in [0.1, 0.15) is 11.5 Å². The van der Waals surface area contributed by atoms with Crippen molar-refractivity contribution >= 4 is 23.5 Å². The first-order chi connectivity index (χ1) is 14.9. The molecular weight excluding hydrogens is 417 g/mol. The van der Waals surface area contributed by atoms with Gasteiger partial charge >= 0.3 is 0 Å². The van der Waals surface area contributed by atoms with E-state index in [1.54, 1.807) is 36.3 Å². The van der Waals surface area contributed by atoms with E-state index in [2.05, 4.69) is 15.0 Å². The number of nitrogen functional groups attached to an aromatic ring is 1. The molecule has 0 aliphatic heterocycles. The predicted octanol–water partition coefficient (Wildman–Crippen LogP) is 4.79. The van der Waals surface area contributed by atoms with Gasteiger partial charge in [-0.2, -0.15) is 0 Å². The number of halogens is 2. The van der Waals surface area contributed by atoms with Gasteiger partial charge in [0, 0.05) is 42.7 Å². The Labute approximate surface area is 183 Å². The number of nitrogens with one attached hydrogen (secondary N) is 1. The molecule has 0 fully saturated rings. The quantitative estimate of drug-likeness (QED) is 0.472. The van der Waals surface area contributed by atoms with E-state index in [1.807, 2.05) is 30.3 Å². The van der Waals surface area contributed by atoms with Crippen molar-refractivity contribution in [3.8, 4) is 22.4 Å². The lowest BCUT2D eigenvalue weighted by Gasteiger charge is -2.16. The minimum absolute atomic E-state index is 0.00672. The Balaban J connectivity index is 1.67. The van der Waals surface area contributed by atoms with Crippen LogP contribution in [0.25, 0.3) is 22.4 Å². The van der Waals surface area contributed by atoms with Crippen LogP contribution in [0.1, 0.15) is 16.1 Å². The summed E-state index contributed by atoms with van der Waals surface area (Å²) >= 11 is 5.94. The number of nitrogens with two attached hydrogens (primary N) is 1. The molecule has 8 heteroatoms. The van der Waals surface area contributed by atoms with Crippen LogP contribution >= 0.6 is 11.6 Å². The highest BCUT2D eigenvalue weighted by Gasteiger charge is 2.19. The van der Waals surface area contributed by atoms with Gasteiger partial charge in [-0.3, -0.25) is 4.79 Å². The number of H-pyrrole nitrogens is 1. The first-order valence-corrected chi connectivity index (χ1v) is 9.87. The molecule has 4 rings (SSSR count). The molecule has 1 amide bonds. The largest absolute Gasteiger partial charge is 0.368 e. The standard InChI is InChI=1S/C23H19ClFN5O/c1-30(13-14-6-3-2-4-7-14)22(31)19-10-15(11-27-19)21-17(12-28-23(26)29-21)16-8-5-9-18(24)20(16)25/h2-12,27H,13H2,1H3,(H2,26,28,29). The second-order valence-corrected chi connectivity index (χ2v) is 7.45. The minimum atomic E-state index is -0.576. The van der Waals surface area contributed by atoms with Crippen molar-refractivity contribution in [1.82, 2.24) is 19.9 Å². The zero-order valence-corrected chi connectivity index (χ0v) is 17.4. The number of nitrogens with zero attached hydrogens (tertiary/aromatic N) is 3. The molecule has 156 valence electrons. The van der Waals surface area contributed by atoms with Crippen molar-refractivity contribution in [1.29, 1.82) is 0 Å². The second kappa shape index (κ2) is 8.57. The van der Waals surface area contributed by atoms with Gasteiger partial charge in [-0.15, -0.1) is 0 Å². The van der Waals surface area contributed by atoms with Crippen LogP contribution in [0.15, 0.2) is 67.0 Å². The highest BCUT2D eigenvalue weighted by atomic mass is 35.5. The Bertz CT molecular complexity index is 1240. The molecular formula is C23H19ClFN5O. The van der Waals surface area contributed by atoms with Crippen LogP contribution in [0.3, 0.4) is 0 Å². The van der Waals surface area contributed by atoms with E-state index >= 15 is 0 Å². The first kappa shape index (κ1) is 20.6. The molecule has 2 heterocycles. The normalized spacial score (nSPS) is 10.8. The third kappa shape index (κ3) is 4.27. The summed E-state index contributed by atoms with van der Waals surface area (Å²) in [6, 6.07) is 16.1. The number of hydrogen-bond acceptors (Lipinski definition) is 4. The van der Waals surface area contributed by atoms with Gasteiger partial charge in [0.25, 0.3) is 5.91 Å². The van der Waals surface area contributed by atoms with E-state index < -0.39 is 5.82 Å². The van der Waals surface area contributed by atoms with E-state index in [4.69, 9.17) is 17.3 Å². The summed E-state index contributed by atoms with van der Waals surface area (Å²) < 4.78 is 14.6. The molecule has 0 bridgehead atoms. The van der Waals surface area contributed by atoms with Crippen LogP contribution in [0, 0.1) is 5.82 Å². The topological polar surface area (TPSA) is 87.9 Å². The van der Waals surface area contributed by atoms with Crippen LogP contribution in [0.5, 0.6) is 0 Å². The summed E-state index contributed by atoms with van der Waals surface area (Å²) in [5.74, 6) is -0.725. The van der Waals surface area contributed by atoms with Gasteiger partial charge in [0.2, 0.25) is 5.95 Å². The Morgan fingerprint density at radius 1 is 1.16 bits per heavy atom. The fraction of sp³-hybridized carbons (Fsp3) is 0.0870. The maximum absolute atomic E-state index is 14.6. The van der Waals surface area contributed by atoms with Gasteiger partial charge in [0.05, 0.1) is 10.7 Å². The average Bonchev–Trinajstić information content (AvgIpc) is 3.26. The van der Waals surface area contributed by atoms with E-state index in [0.29, 0.717) is 29.1 Å². The van der Waals surface area contributed by atoms with Crippen molar-refractivity contribution < 1.29 is 9.18 Å². The van der Waals surface area contributed by atoms with Crippen molar-refractivity contribution in [2.24, 2.45) is 0 Å². The number of carbonyl (C=O) groups is 1. The van der Waals surface area contributed by atoms with Crippen molar-refractivity contribution in [2.45, 2.75) is 6.54 Å². The molecule has 2 aromatic heterocycles. The molecule has 31 heavy (non-hydrogen) atoms. The number of anilines is 1. The number of amides is 1. The smallest absolute Gasteiger partial charge is 0.270 e. The average molecular weight is 436 g/mol. The number of hydrogen-bond donors (Lipinski definition) is 2. The van der Waals surface area contributed by atoms with Gasteiger partial charge < -0.3 is 15.6 Å². The summed E-state index contributed by atoms with van der Waals surface area (Å²) in [4.78, 5) is 25.8. The predicted molar refractivity (Wildman–Crippen MR) is 119 cm³/mol. The summed E-state index contributed by atoms with van der Waals surface area (Å²) in [6.07, 6.45) is 3.08. The molecule has 3 N–H and O–H groups in total. The third-order valence-corrected chi connectivity index (χ3v) is 5.14. The molecule has 6 nitrogen and oxygen atoms in total. The number of rotatable bonds is 5. The number of benzene rings is 2. The SMILES string of the molecule is CN(Cc1ccccc1)C(=O)c1cc(-c2nc(N)ncc2-c2cccc(Cl)c2F)c[nH]1. The number of aromatic amines is 1. The molecule has 0 saturated carbocycles. The molecule has 0 aliphatic carbocycles.